The van der Waals surface area contributed by atoms with E-state index in [9.17, 15) is 14.3 Å². The van der Waals surface area contributed by atoms with Crippen LogP contribution in [0.2, 0.25) is 0 Å². The molecule has 0 saturated carbocycles. The highest BCUT2D eigenvalue weighted by atomic mass is 19.1. The second-order valence-electron chi connectivity index (χ2n) is 13.8. The number of fused-ring (bicyclic) bond motifs is 7. The predicted molar refractivity (Wildman–Crippen MR) is 179 cm³/mol. The molecule has 2 aromatic carbocycles. The van der Waals surface area contributed by atoms with Gasteiger partial charge in [-0.1, -0.05) is 30.4 Å². The van der Waals surface area contributed by atoms with Crippen LogP contribution < -0.4 is 9.64 Å². The highest BCUT2D eigenvalue weighted by Crippen LogP contribution is 2.39. The molecule has 1 saturated heterocycles. The van der Waals surface area contributed by atoms with Gasteiger partial charge in [-0.25, -0.2) is 14.2 Å². The molecule has 10 heteroatoms. The lowest BCUT2D eigenvalue weighted by atomic mass is 9.92. The number of carboxylic acids is 1. The summed E-state index contributed by atoms with van der Waals surface area (Å²) in [6, 6.07) is 14.4. The van der Waals surface area contributed by atoms with Crippen LogP contribution in [0.1, 0.15) is 71.2 Å². The maximum absolute atomic E-state index is 14.4. The molecule has 5 heterocycles. The Hall–Kier alpha value is -4.28. The van der Waals surface area contributed by atoms with E-state index in [2.05, 4.69) is 11.8 Å². The summed E-state index contributed by atoms with van der Waals surface area (Å²) in [5.74, 6) is -0.338. The average Bonchev–Trinajstić information content (AvgIpc) is 3.43. The summed E-state index contributed by atoms with van der Waals surface area (Å²) in [4.78, 5) is 19.8. The van der Waals surface area contributed by atoms with Crippen molar-refractivity contribution in [2.45, 2.75) is 84.2 Å². The second kappa shape index (κ2) is 12.7. The minimum Gasteiger partial charge on any atom is -0.490 e. The fourth-order valence-corrected chi connectivity index (χ4v) is 6.34. The highest BCUT2D eigenvalue weighted by molar-refractivity contribution is 5.80. The monoisotopic (exact) mass is 642 g/mol. The Morgan fingerprint density at radius 1 is 1.11 bits per heavy atom. The summed E-state index contributed by atoms with van der Waals surface area (Å²) in [6.45, 7) is 13.2. The van der Waals surface area contributed by atoms with Crippen molar-refractivity contribution in [3.05, 3.63) is 77.8 Å². The molecule has 0 spiro atoms. The predicted octanol–water partition coefficient (Wildman–Crippen LogP) is 7.55. The van der Waals surface area contributed by atoms with Crippen LogP contribution in [0.3, 0.4) is 0 Å². The molecule has 1 fully saturated rings. The standard InChI is InChI=1S/C37H43FN4O5/c1-23-10-7-8-19-45-37(6)15-17-41(18-16-37)34-32(33(35(43)44)47-36(3,4)5)24(2)39-31-22-29(40-42(31)34)26-12-9-11-25(20-26)28-14-13-27(38)21-30(28)46-23/h7-9,11-14,20-23,33H,10,15-19H2,1-6H3,(H,43,44)/b8-7-/t23-,33-/m0/s1. The molecule has 2 aromatic heterocycles. The third kappa shape index (κ3) is 7.04. The number of aryl methyl sites for hydroxylation is 1. The first-order chi connectivity index (χ1) is 22.3. The fourth-order valence-electron chi connectivity index (χ4n) is 6.34. The van der Waals surface area contributed by atoms with Crippen LogP contribution in [-0.4, -0.2) is 62.7 Å². The molecule has 7 rings (SSSR count). The van der Waals surface area contributed by atoms with Crippen LogP contribution in [-0.2, 0) is 14.3 Å². The van der Waals surface area contributed by atoms with Gasteiger partial charge in [-0.2, -0.15) is 9.61 Å². The zero-order valence-electron chi connectivity index (χ0n) is 27.9. The van der Waals surface area contributed by atoms with E-state index in [1.54, 1.807) is 10.6 Å². The van der Waals surface area contributed by atoms with Crippen LogP contribution in [0.15, 0.2) is 60.7 Å². The normalized spacial score (nSPS) is 21.7. The molecule has 47 heavy (non-hydrogen) atoms. The molecule has 3 aliphatic heterocycles. The van der Waals surface area contributed by atoms with Crippen LogP contribution in [0.25, 0.3) is 28.0 Å². The van der Waals surface area contributed by atoms with Crippen molar-refractivity contribution >= 4 is 17.4 Å². The molecule has 1 N–H and O–H groups in total. The SMILES string of the molecule is Cc1nc2cc3nn2c(c1[C@H](OC(C)(C)C)C(=O)O)N1CCC(C)(CC1)OC/C=C\C[C@H](C)Oc1cc(F)ccc1-c1cccc-3c1. The number of nitrogens with zero attached hydrogens (tertiary/aromatic N) is 4. The number of hydrogen-bond acceptors (Lipinski definition) is 7. The largest absolute Gasteiger partial charge is 0.490 e. The molecular formula is C37H43FN4O5. The third-order valence-electron chi connectivity index (χ3n) is 8.79. The molecule has 248 valence electrons. The fraction of sp³-hybridized carbons (Fsp3) is 0.432. The zero-order valence-corrected chi connectivity index (χ0v) is 27.9. The van der Waals surface area contributed by atoms with Gasteiger partial charge >= 0.3 is 5.97 Å². The van der Waals surface area contributed by atoms with Crippen LogP contribution in [0, 0.1) is 12.7 Å². The Kier molecular flexibility index (Phi) is 8.84. The maximum atomic E-state index is 14.4. The number of hydrogen-bond donors (Lipinski definition) is 1. The molecule has 3 aliphatic rings. The van der Waals surface area contributed by atoms with E-state index in [4.69, 9.17) is 24.3 Å². The van der Waals surface area contributed by atoms with Gasteiger partial charge in [-0.3, -0.25) is 0 Å². The summed E-state index contributed by atoms with van der Waals surface area (Å²) in [5, 5.41) is 15.5. The van der Waals surface area contributed by atoms with Gasteiger partial charge in [-0.05, 0) is 78.1 Å². The van der Waals surface area contributed by atoms with E-state index in [-0.39, 0.29) is 17.5 Å². The lowest BCUT2D eigenvalue weighted by molar-refractivity contribution is -0.160. The molecule has 0 unspecified atom stereocenters. The Labute approximate surface area is 275 Å². The van der Waals surface area contributed by atoms with Crippen molar-refractivity contribution in [2.75, 3.05) is 24.6 Å². The van der Waals surface area contributed by atoms with E-state index in [0.29, 0.717) is 60.3 Å². The van der Waals surface area contributed by atoms with E-state index >= 15 is 0 Å². The summed E-state index contributed by atoms with van der Waals surface area (Å²) in [5.41, 5.74) is 3.70. The van der Waals surface area contributed by atoms with Gasteiger partial charge in [0, 0.05) is 48.5 Å². The van der Waals surface area contributed by atoms with Gasteiger partial charge in [0.05, 0.1) is 35.2 Å². The summed E-state index contributed by atoms with van der Waals surface area (Å²) < 4.78 is 35.0. The van der Waals surface area contributed by atoms with Gasteiger partial charge < -0.3 is 24.2 Å². The Balaban J connectivity index is 1.54. The van der Waals surface area contributed by atoms with E-state index in [1.165, 1.54) is 12.1 Å². The first-order valence-electron chi connectivity index (χ1n) is 16.2. The molecule has 4 aromatic rings. The lowest BCUT2D eigenvalue weighted by Crippen LogP contribution is -2.45. The number of aliphatic carboxylic acids is 1. The summed E-state index contributed by atoms with van der Waals surface area (Å²) >= 11 is 0. The van der Waals surface area contributed by atoms with Crippen LogP contribution in [0.5, 0.6) is 5.75 Å². The first-order valence-corrected chi connectivity index (χ1v) is 16.2. The molecule has 0 aliphatic carbocycles. The van der Waals surface area contributed by atoms with Crippen molar-refractivity contribution in [2.24, 2.45) is 0 Å². The summed E-state index contributed by atoms with van der Waals surface area (Å²) in [6.07, 6.45) is 4.72. The molecule has 0 radical (unpaired) electrons. The Morgan fingerprint density at radius 2 is 1.85 bits per heavy atom. The number of piperidine rings is 1. The first kappa shape index (κ1) is 32.7. The van der Waals surface area contributed by atoms with Crippen LogP contribution in [0.4, 0.5) is 10.2 Å². The van der Waals surface area contributed by atoms with Gasteiger partial charge in [0.2, 0.25) is 0 Å². The minimum atomic E-state index is -1.25. The topological polar surface area (TPSA) is 98.4 Å². The summed E-state index contributed by atoms with van der Waals surface area (Å²) in [7, 11) is 0. The molecule has 6 bridgehead atoms. The minimum absolute atomic E-state index is 0.184. The molecule has 9 nitrogen and oxygen atoms in total. The molecule has 2 atom stereocenters. The van der Waals surface area contributed by atoms with Gasteiger partial charge in [0.1, 0.15) is 17.4 Å². The van der Waals surface area contributed by atoms with E-state index < -0.39 is 17.7 Å². The highest BCUT2D eigenvalue weighted by Gasteiger charge is 2.37. The van der Waals surface area contributed by atoms with Crippen molar-refractivity contribution in [3.8, 4) is 28.1 Å². The number of ether oxygens (including phenoxy) is 3. The second-order valence-corrected chi connectivity index (χ2v) is 13.8. The Morgan fingerprint density at radius 3 is 2.57 bits per heavy atom. The third-order valence-corrected chi connectivity index (χ3v) is 8.79. The van der Waals surface area contributed by atoms with Crippen molar-refractivity contribution < 1.29 is 28.5 Å². The van der Waals surface area contributed by atoms with E-state index in [0.717, 1.165) is 29.5 Å². The number of carboxylic acid groups (broad SMARTS) is 1. The van der Waals surface area contributed by atoms with Gasteiger partial charge in [0.15, 0.2) is 11.8 Å². The number of rotatable bonds is 3. The number of carbonyl (C=O) groups is 1. The smallest absolute Gasteiger partial charge is 0.337 e. The number of aromatic nitrogens is 3. The number of halogens is 1. The van der Waals surface area contributed by atoms with E-state index in [1.807, 2.05) is 77.1 Å². The zero-order chi connectivity index (χ0) is 33.5. The Bertz CT molecular complexity index is 1820. The van der Waals surface area contributed by atoms with Crippen molar-refractivity contribution in [3.63, 3.8) is 0 Å². The van der Waals surface area contributed by atoms with Gasteiger partial charge in [-0.15, -0.1) is 0 Å². The lowest BCUT2D eigenvalue weighted by Gasteiger charge is -2.41. The number of benzene rings is 2. The van der Waals surface area contributed by atoms with Crippen molar-refractivity contribution in [1.82, 2.24) is 14.6 Å². The van der Waals surface area contributed by atoms with Crippen molar-refractivity contribution in [1.29, 1.82) is 0 Å². The van der Waals surface area contributed by atoms with Gasteiger partial charge in [0.25, 0.3) is 0 Å². The van der Waals surface area contributed by atoms with Crippen LogP contribution >= 0.6 is 0 Å². The molecular weight excluding hydrogens is 599 g/mol. The number of anilines is 1. The molecule has 0 amide bonds. The maximum Gasteiger partial charge on any atom is 0.337 e. The quantitative estimate of drug-likeness (QED) is 0.229. The average molecular weight is 643 g/mol.